The zero-order valence-corrected chi connectivity index (χ0v) is 12.3. The molecule has 0 saturated carbocycles. The van der Waals surface area contributed by atoms with Crippen molar-refractivity contribution in [3.63, 3.8) is 0 Å². The average molecular weight is 284 g/mol. The van der Waals surface area contributed by atoms with Crippen LogP contribution in [0.1, 0.15) is 29.3 Å². The second kappa shape index (κ2) is 7.20. The predicted molar refractivity (Wildman–Crippen MR) is 74.8 cm³/mol. The standard InChI is InChI=1S/C12H20N4O2S/c1-8(2)5-14-10(17)6-16(3)12(18)9-7-19-11(4-13)15-9/h7-8H,4-6,13H2,1-3H3,(H,14,17). The fourth-order valence-electron chi connectivity index (χ4n) is 1.36. The van der Waals surface area contributed by atoms with Crippen LogP contribution in [0.4, 0.5) is 0 Å². The van der Waals surface area contributed by atoms with Crippen LogP contribution in [0.5, 0.6) is 0 Å². The Hall–Kier alpha value is -1.47. The van der Waals surface area contributed by atoms with Gasteiger partial charge in [-0.3, -0.25) is 9.59 Å². The Morgan fingerprint density at radius 2 is 2.21 bits per heavy atom. The molecule has 0 aliphatic heterocycles. The molecule has 2 amide bonds. The number of amides is 2. The van der Waals surface area contributed by atoms with E-state index in [1.807, 2.05) is 13.8 Å². The summed E-state index contributed by atoms with van der Waals surface area (Å²) in [6, 6.07) is 0. The van der Waals surface area contributed by atoms with Gasteiger partial charge in [-0.25, -0.2) is 4.98 Å². The van der Waals surface area contributed by atoms with E-state index in [2.05, 4.69) is 10.3 Å². The van der Waals surface area contributed by atoms with E-state index in [0.717, 1.165) is 0 Å². The first-order valence-corrected chi connectivity index (χ1v) is 6.98. The molecule has 0 aliphatic carbocycles. The highest BCUT2D eigenvalue weighted by atomic mass is 32.1. The molecule has 0 radical (unpaired) electrons. The second-order valence-corrected chi connectivity index (χ2v) is 5.63. The molecular weight excluding hydrogens is 264 g/mol. The zero-order chi connectivity index (χ0) is 14.4. The van der Waals surface area contributed by atoms with Crippen molar-refractivity contribution in [2.45, 2.75) is 20.4 Å². The number of carbonyl (C=O) groups is 2. The lowest BCUT2D eigenvalue weighted by molar-refractivity contribution is -0.121. The maximum atomic E-state index is 12.0. The molecule has 7 heteroatoms. The normalized spacial score (nSPS) is 10.6. The van der Waals surface area contributed by atoms with E-state index in [0.29, 0.717) is 29.7 Å². The predicted octanol–water partition coefficient (Wildman–Crippen LogP) is 0.446. The maximum Gasteiger partial charge on any atom is 0.273 e. The Bertz CT molecular complexity index is 445. The molecule has 0 bridgehead atoms. The molecule has 0 spiro atoms. The molecule has 0 saturated heterocycles. The third-order valence-corrected chi connectivity index (χ3v) is 3.25. The van der Waals surface area contributed by atoms with Gasteiger partial charge in [0.15, 0.2) is 0 Å². The lowest BCUT2D eigenvalue weighted by Gasteiger charge is -2.16. The fraction of sp³-hybridized carbons (Fsp3) is 0.583. The molecule has 0 unspecified atom stereocenters. The quantitative estimate of drug-likeness (QED) is 0.793. The highest BCUT2D eigenvalue weighted by molar-refractivity contribution is 7.09. The van der Waals surface area contributed by atoms with Crippen LogP contribution in [0.2, 0.25) is 0 Å². The summed E-state index contributed by atoms with van der Waals surface area (Å²) in [6.07, 6.45) is 0. The minimum Gasteiger partial charge on any atom is -0.354 e. The summed E-state index contributed by atoms with van der Waals surface area (Å²) in [5, 5.41) is 5.13. The van der Waals surface area contributed by atoms with Gasteiger partial charge in [0.1, 0.15) is 10.7 Å². The van der Waals surface area contributed by atoms with Crippen LogP contribution in [0, 0.1) is 5.92 Å². The Kier molecular flexibility index (Phi) is 5.91. The van der Waals surface area contributed by atoms with E-state index in [9.17, 15) is 9.59 Å². The monoisotopic (exact) mass is 284 g/mol. The number of rotatable bonds is 6. The molecule has 1 aromatic rings. The molecule has 0 aromatic carbocycles. The summed E-state index contributed by atoms with van der Waals surface area (Å²) >= 11 is 1.34. The Labute approximate surface area is 117 Å². The first kappa shape index (κ1) is 15.6. The van der Waals surface area contributed by atoms with Crippen LogP contribution in [-0.2, 0) is 11.3 Å². The minimum atomic E-state index is -0.268. The van der Waals surface area contributed by atoms with Gasteiger partial charge in [-0.1, -0.05) is 13.8 Å². The Balaban J connectivity index is 2.50. The molecule has 19 heavy (non-hydrogen) atoms. The van der Waals surface area contributed by atoms with Crippen molar-refractivity contribution in [1.29, 1.82) is 0 Å². The van der Waals surface area contributed by atoms with Gasteiger partial charge < -0.3 is 16.0 Å². The number of carbonyl (C=O) groups excluding carboxylic acids is 2. The van der Waals surface area contributed by atoms with E-state index in [1.54, 1.807) is 12.4 Å². The summed E-state index contributed by atoms with van der Waals surface area (Å²) in [5.74, 6) is -0.0508. The van der Waals surface area contributed by atoms with Crippen molar-refractivity contribution in [1.82, 2.24) is 15.2 Å². The average Bonchev–Trinajstić information content (AvgIpc) is 2.84. The first-order chi connectivity index (χ1) is 8.93. The maximum absolute atomic E-state index is 12.0. The number of nitrogens with one attached hydrogen (secondary N) is 1. The van der Waals surface area contributed by atoms with Gasteiger partial charge in [-0.15, -0.1) is 11.3 Å². The Morgan fingerprint density at radius 1 is 1.53 bits per heavy atom. The number of likely N-dealkylation sites (N-methyl/N-ethyl adjacent to an activating group) is 1. The van der Waals surface area contributed by atoms with Crippen LogP contribution in [0.15, 0.2) is 5.38 Å². The number of thiazole rings is 1. The van der Waals surface area contributed by atoms with Gasteiger partial charge in [0.05, 0.1) is 6.54 Å². The lowest BCUT2D eigenvalue weighted by atomic mass is 10.2. The molecule has 106 valence electrons. The summed E-state index contributed by atoms with van der Waals surface area (Å²) in [5.41, 5.74) is 5.78. The third-order valence-electron chi connectivity index (χ3n) is 2.38. The van der Waals surface area contributed by atoms with Gasteiger partial charge in [0, 0.05) is 25.5 Å². The topological polar surface area (TPSA) is 88.3 Å². The van der Waals surface area contributed by atoms with Gasteiger partial charge >= 0.3 is 0 Å². The molecule has 3 N–H and O–H groups in total. The molecular formula is C12H20N4O2S. The number of hydrogen-bond donors (Lipinski definition) is 2. The molecule has 1 rings (SSSR count). The molecule has 0 atom stereocenters. The van der Waals surface area contributed by atoms with Crippen LogP contribution in [0.3, 0.4) is 0 Å². The minimum absolute atomic E-state index is 0.0288. The largest absolute Gasteiger partial charge is 0.354 e. The van der Waals surface area contributed by atoms with E-state index in [1.165, 1.54) is 16.2 Å². The third kappa shape index (κ3) is 4.96. The van der Waals surface area contributed by atoms with Crippen molar-refractivity contribution in [3.05, 3.63) is 16.1 Å². The van der Waals surface area contributed by atoms with E-state index in [-0.39, 0.29) is 18.4 Å². The summed E-state index contributed by atoms with van der Waals surface area (Å²) in [4.78, 5) is 29.1. The summed E-state index contributed by atoms with van der Waals surface area (Å²) < 4.78 is 0. The molecule has 1 heterocycles. The smallest absolute Gasteiger partial charge is 0.273 e. The van der Waals surface area contributed by atoms with Gasteiger partial charge in [0.2, 0.25) is 5.91 Å². The van der Waals surface area contributed by atoms with Crippen LogP contribution in [-0.4, -0.2) is 41.8 Å². The number of nitrogens with zero attached hydrogens (tertiary/aromatic N) is 2. The molecule has 1 aromatic heterocycles. The van der Waals surface area contributed by atoms with Crippen molar-refractivity contribution in [2.24, 2.45) is 11.7 Å². The molecule has 0 aliphatic rings. The Morgan fingerprint density at radius 3 is 2.74 bits per heavy atom. The van der Waals surface area contributed by atoms with Gasteiger partial charge in [-0.05, 0) is 5.92 Å². The van der Waals surface area contributed by atoms with Gasteiger partial charge in [-0.2, -0.15) is 0 Å². The van der Waals surface area contributed by atoms with Crippen molar-refractivity contribution >= 4 is 23.2 Å². The zero-order valence-electron chi connectivity index (χ0n) is 11.5. The first-order valence-electron chi connectivity index (χ1n) is 6.10. The van der Waals surface area contributed by atoms with E-state index in [4.69, 9.17) is 5.73 Å². The number of nitrogens with two attached hydrogens (primary N) is 1. The van der Waals surface area contributed by atoms with E-state index < -0.39 is 0 Å². The summed E-state index contributed by atoms with van der Waals surface area (Å²) in [7, 11) is 1.58. The van der Waals surface area contributed by atoms with Crippen LogP contribution >= 0.6 is 11.3 Å². The van der Waals surface area contributed by atoms with Gasteiger partial charge in [0.25, 0.3) is 5.91 Å². The van der Waals surface area contributed by atoms with Crippen molar-refractivity contribution < 1.29 is 9.59 Å². The highest BCUT2D eigenvalue weighted by Gasteiger charge is 2.17. The number of hydrogen-bond acceptors (Lipinski definition) is 5. The fourth-order valence-corrected chi connectivity index (χ4v) is 2.01. The molecule has 6 nitrogen and oxygen atoms in total. The molecule has 0 fully saturated rings. The van der Waals surface area contributed by atoms with Crippen LogP contribution in [0.25, 0.3) is 0 Å². The second-order valence-electron chi connectivity index (χ2n) is 4.69. The van der Waals surface area contributed by atoms with Crippen molar-refractivity contribution in [2.75, 3.05) is 20.1 Å². The summed E-state index contributed by atoms with van der Waals surface area (Å²) in [6.45, 7) is 4.98. The number of aromatic nitrogens is 1. The van der Waals surface area contributed by atoms with E-state index >= 15 is 0 Å². The van der Waals surface area contributed by atoms with Crippen molar-refractivity contribution in [3.8, 4) is 0 Å². The lowest BCUT2D eigenvalue weighted by Crippen LogP contribution is -2.39. The highest BCUT2D eigenvalue weighted by Crippen LogP contribution is 2.10. The SMILES string of the molecule is CC(C)CNC(=O)CN(C)C(=O)c1csc(CN)n1. The van der Waals surface area contributed by atoms with Crippen LogP contribution < -0.4 is 11.1 Å².